The number of fused-ring (bicyclic) bond motifs is 1. The van der Waals surface area contributed by atoms with Gasteiger partial charge < -0.3 is 14.8 Å². The third kappa shape index (κ3) is 1.63. The molecule has 0 bridgehead atoms. The van der Waals surface area contributed by atoms with Crippen LogP contribution in [0.4, 0.5) is 5.69 Å². The average Bonchev–Trinajstić information content (AvgIpc) is 3.18. The molecular weight excluding hydrogens is 234 g/mol. The molecule has 0 saturated heterocycles. The first kappa shape index (κ1) is 11.1. The number of benzene rings is 1. The Kier molecular flexibility index (Phi) is 2.29. The molecule has 0 radical (unpaired) electrons. The average molecular weight is 247 g/mol. The second kappa shape index (κ2) is 3.73. The van der Waals surface area contributed by atoms with Crippen molar-refractivity contribution in [3.63, 3.8) is 0 Å². The maximum absolute atomic E-state index is 12.0. The fourth-order valence-corrected chi connectivity index (χ4v) is 2.06. The molecule has 1 fully saturated rings. The molecule has 1 saturated carbocycles. The zero-order chi connectivity index (χ0) is 12.8. The Labute approximate surface area is 104 Å². The number of carbonyl (C=O) groups is 2. The van der Waals surface area contributed by atoms with Crippen LogP contribution in [0.15, 0.2) is 18.2 Å². The number of hydrogen-bond acceptors (Lipinski definition) is 4. The third-order valence-corrected chi connectivity index (χ3v) is 3.49. The van der Waals surface area contributed by atoms with Gasteiger partial charge in [0.2, 0.25) is 5.91 Å². The maximum Gasteiger partial charge on any atom is 0.337 e. The third-order valence-electron chi connectivity index (χ3n) is 3.49. The normalized spacial score (nSPS) is 19.3. The summed E-state index contributed by atoms with van der Waals surface area (Å²) < 4.78 is 10.3. The molecule has 94 valence electrons. The Hall–Kier alpha value is -2.04. The minimum absolute atomic E-state index is 0.0248. The summed E-state index contributed by atoms with van der Waals surface area (Å²) in [6.07, 6.45) is 1.72. The van der Waals surface area contributed by atoms with Crippen LogP contribution in [0, 0.1) is 5.41 Å². The van der Waals surface area contributed by atoms with Crippen molar-refractivity contribution in [1.29, 1.82) is 0 Å². The Balaban J connectivity index is 1.95. The van der Waals surface area contributed by atoms with Crippen LogP contribution in [-0.2, 0) is 9.53 Å². The zero-order valence-electron chi connectivity index (χ0n) is 9.99. The SMILES string of the molecule is COC(=O)c1ccc2c(c1)NC(=O)C1(CC1)CO2. The van der Waals surface area contributed by atoms with E-state index in [0.29, 0.717) is 23.6 Å². The first-order valence-corrected chi connectivity index (χ1v) is 5.81. The first-order chi connectivity index (χ1) is 8.64. The quantitative estimate of drug-likeness (QED) is 0.765. The summed E-state index contributed by atoms with van der Waals surface area (Å²) in [7, 11) is 1.32. The molecule has 0 aromatic heterocycles. The molecule has 5 heteroatoms. The fourth-order valence-electron chi connectivity index (χ4n) is 2.06. The number of nitrogens with one attached hydrogen (secondary N) is 1. The molecule has 18 heavy (non-hydrogen) atoms. The molecule has 1 aromatic carbocycles. The number of ether oxygens (including phenoxy) is 2. The highest BCUT2D eigenvalue weighted by Crippen LogP contribution is 2.49. The van der Waals surface area contributed by atoms with Crippen LogP contribution in [0.25, 0.3) is 0 Å². The standard InChI is InChI=1S/C13H13NO4/c1-17-11(15)8-2-3-10-9(6-8)14-12(16)13(4-5-13)7-18-10/h2-3,6H,4-5,7H2,1H3,(H,14,16). The second-order valence-corrected chi connectivity index (χ2v) is 4.73. The van der Waals surface area contributed by atoms with E-state index in [1.807, 2.05) is 0 Å². The lowest BCUT2D eigenvalue weighted by atomic mass is 10.1. The van der Waals surface area contributed by atoms with E-state index in [0.717, 1.165) is 12.8 Å². The molecule has 1 aliphatic carbocycles. The van der Waals surface area contributed by atoms with Gasteiger partial charge >= 0.3 is 5.97 Å². The van der Waals surface area contributed by atoms with Gasteiger partial charge in [0.05, 0.1) is 23.8 Å². The molecule has 0 unspecified atom stereocenters. The number of methoxy groups -OCH3 is 1. The summed E-state index contributed by atoms with van der Waals surface area (Å²) in [4.78, 5) is 23.4. The molecule has 1 aliphatic heterocycles. The summed E-state index contributed by atoms with van der Waals surface area (Å²) in [5.74, 6) is 0.139. The van der Waals surface area contributed by atoms with Crippen LogP contribution in [0.1, 0.15) is 23.2 Å². The van der Waals surface area contributed by atoms with E-state index >= 15 is 0 Å². The van der Waals surface area contributed by atoms with Gasteiger partial charge in [-0.2, -0.15) is 0 Å². The summed E-state index contributed by atoms with van der Waals surface area (Å²) in [5.41, 5.74) is 0.573. The number of carbonyl (C=O) groups excluding carboxylic acids is 2. The molecule has 1 aromatic rings. The number of hydrogen-bond donors (Lipinski definition) is 1. The molecular formula is C13H13NO4. The minimum atomic E-state index is -0.433. The van der Waals surface area contributed by atoms with Crippen molar-refractivity contribution in [2.45, 2.75) is 12.8 Å². The smallest absolute Gasteiger partial charge is 0.337 e. The molecule has 1 spiro atoms. The van der Waals surface area contributed by atoms with E-state index in [9.17, 15) is 9.59 Å². The number of amides is 1. The van der Waals surface area contributed by atoms with E-state index in [2.05, 4.69) is 10.1 Å². The van der Waals surface area contributed by atoms with Crippen molar-refractivity contribution in [3.05, 3.63) is 23.8 Å². The van der Waals surface area contributed by atoms with Crippen LogP contribution < -0.4 is 10.1 Å². The predicted molar refractivity (Wildman–Crippen MR) is 63.6 cm³/mol. The topological polar surface area (TPSA) is 64.6 Å². The van der Waals surface area contributed by atoms with E-state index in [4.69, 9.17) is 4.74 Å². The van der Waals surface area contributed by atoms with Crippen molar-refractivity contribution in [2.75, 3.05) is 19.0 Å². The van der Waals surface area contributed by atoms with Crippen molar-refractivity contribution >= 4 is 17.6 Å². The molecule has 3 rings (SSSR count). The van der Waals surface area contributed by atoms with Gasteiger partial charge in [-0.05, 0) is 31.0 Å². The number of rotatable bonds is 1. The van der Waals surface area contributed by atoms with Crippen molar-refractivity contribution in [2.24, 2.45) is 5.41 Å². The van der Waals surface area contributed by atoms with Gasteiger partial charge in [-0.3, -0.25) is 4.79 Å². The van der Waals surface area contributed by atoms with Gasteiger partial charge in [-0.15, -0.1) is 0 Å². The first-order valence-electron chi connectivity index (χ1n) is 5.81. The maximum atomic E-state index is 12.0. The second-order valence-electron chi connectivity index (χ2n) is 4.73. The van der Waals surface area contributed by atoms with Gasteiger partial charge in [0.25, 0.3) is 0 Å². The van der Waals surface area contributed by atoms with Gasteiger partial charge in [0.15, 0.2) is 0 Å². The number of esters is 1. The van der Waals surface area contributed by atoms with Crippen LogP contribution in [0.2, 0.25) is 0 Å². The van der Waals surface area contributed by atoms with Crippen molar-refractivity contribution in [1.82, 2.24) is 0 Å². The summed E-state index contributed by atoms with van der Waals surface area (Å²) in [6.45, 7) is 0.406. The highest BCUT2D eigenvalue weighted by Gasteiger charge is 2.52. The number of anilines is 1. The fraction of sp³-hybridized carbons (Fsp3) is 0.385. The largest absolute Gasteiger partial charge is 0.490 e. The summed E-state index contributed by atoms with van der Waals surface area (Å²) >= 11 is 0. The van der Waals surface area contributed by atoms with Gasteiger partial charge in [0.1, 0.15) is 12.4 Å². The molecule has 0 atom stereocenters. The molecule has 1 N–H and O–H groups in total. The zero-order valence-corrected chi connectivity index (χ0v) is 9.99. The molecule has 1 heterocycles. The Bertz CT molecular complexity index is 534. The molecule has 2 aliphatic rings. The van der Waals surface area contributed by atoms with E-state index in [1.165, 1.54) is 7.11 Å². The van der Waals surface area contributed by atoms with E-state index in [-0.39, 0.29) is 11.3 Å². The van der Waals surface area contributed by atoms with Crippen LogP contribution in [0.3, 0.4) is 0 Å². The van der Waals surface area contributed by atoms with Crippen LogP contribution in [0.5, 0.6) is 5.75 Å². The molecule has 5 nitrogen and oxygen atoms in total. The van der Waals surface area contributed by atoms with E-state index in [1.54, 1.807) is 18.2 Å². The highest BCUT2D eigenvalue weighted by molar-refractivity contribution is 6.00. The Morgan fingerprint density at radius 1 is 1.44 bits per heavy atom. The van der Waals surface area contributed by atoms with Crippen LogP contribution in [-0.4, -0.2) is 25.6 Å². The Morgan fingerprint density at radius 3 is 2.89 bits per heavy atom. The van der Waals surface area contributed by atoms with E-state index < -0.39 is 5.97 Å². The van der Waals surface area contributed by atoms with Gasteiger partial charge in [-0.1, -0.05) is 0 Å². The predicted octanol–water partition coefficient (Wildman–Crippen LogP) is 1.58. The summed E-state index contributed by atoms with van der Waals surface area (Å²) in [6, 6.07) is 4.89. The highest BCUT2D eigenvalue weighted by atomic mass is 16.5. The molecule has 1 amide bonds. The minimum Gasteiger partial charge on any atom is -0.490 e. The van der Waals surface area contributed by atoms with Crippen molar-refractivity contribution < 1.29 is 19.1 Å². The van der Waals surface area contributed by atoms with Crippen LogP contribution >= 0.6 is 0 Å². The Morgan fingerprint density at radius 2 is 2.22 bits per heavy atom. The lowest BCUT2D eigenvalue weighted by Crippen LogP contribution is -2.26. The monoisotopic (exact) mass is 247 g/mol. The summed E-state index contributed by atoms with van der Waals surface area (Å²) in [5, 5.41) is 2.82. The lowest BCUT2D eigenvalue weighted by molar-refractivity contribution is -0.121. The van der Waals surface area contributed by atoms with Crippen molar-refractivity contribution in [3.8, 4) is 5.75 Å². The van der Waals surface area contributed by atoms with Gasteiger partial charge in [-0.25, -0.2) is 4.79 Å². The lowest BCUT2D eigenvalue weighted by Gasteiger charge is -2.08. The van der Waals surface area contributed by atoms with Gasteiger partial charge in [0, 0.05) is 0 Å².